The van der Waals surface area contributed by atoms with Crippen LogP contribution < -0.4 is 0 Å². The van der Waals surface area contributed by atoms with Gasteiger partial charge in [0.05, 0.1) is 0 Å². The van der Waals surface area contributed by atoms with Crippen molar-refractivity contribution in [1.82, 2.24) is 9.88 Å². The maximum Gasteiger partial charge on any atom is 0.270 e. The monoisotopic (exact) mass is 264 g/mol. The Bertz CT molecular complexity index is 585. The van der Waals surface area contributed by atoms with Crippen LogP contribution in [0.4, 0.5) is 0 Å². The van der Waals surface area contributed by atoms with E-state index >= 15 is 0 Å². The number of carbonyl (C=O) groups is 1. The highest BCUT2D eigenvalue weighted by Crippen LogP contribution is 2.25. The third-order valence-corrected chi connectivity index (χ3v) is 3.52. The molecule has 0 saturated carbocycles. The number of aromatic nitrogens is 1. The molecule has 0 aliphatic rings. The number of nitrogens with one attached hydrogen (secondary N) is 1. The van der Waals surface area contributed by atoms with Crippen LogP contribution in [0.3, 0.4) is 0 Å². The van der Waals surface area contributed by atoms with Crippen LogP contribution in [0.15, 0.2) is 18.2 Å². The highest BCUT2D eigenvalue weighted by atomic mass is 35.5. The Hall–Kier alpha value is -1.48. The lowest BCUT2D eigenvalue weighted by Gasteiger charge is -2.18. The lowest BCUT2D eigenvalue weighted by molar-refractivity contribution is 0.0767. The lowest BCUT2D eigenvalue weighted by Crippen LogP contribution is -2.31. The van der Waals surface area contributed by atoms with Crippen LogP contribution >= 0.6 is 11.6 Å². The molecule has 0 radical (unpaired) electrons. The van der Waals surface area contributed by atoms with Crippen molar-refractivity contribution in [3.63, 3.8) is 0 Å². The van der Waals surface area contributed by atoms with Gasteiger partial charge in [0.25, 0.3) is 5.91 Å². The zero-order valence-corrected chi connectivity index (χ0v) is 11.6. The summed E-state index contributed by atoms with van der Waals surface area (Å²) in [6, 6.07) is 5.64. The molecule has 0 saturated heterocycles. The van der Waals surface area contributed by atoms with Gasteiger partial charge in [-0.25, -0.2) is 0 Å². The number of aryl methyl sites for hydroxylation is 1. The Kier molecular flexibility index (Phi) is 3.62. The molecule has 0 unspecified atom stereocenters. The number of nitrogens with zero attached hydrogens (tertiary/aromatic N) is 1. The fourth-order valence-corrected chi connectivity index (χ4v) is 2.36. The molecule has 1 aromatic carbocycles. The minimum atomic E-state index is 0.0461. The zero-order valence-electron chi connectivity index (χ0n) is 10.9. The molecular formula is C14H17ClN2O. The molecule has 0 spiro atoms. The summed E-state index contributed by atoms with van der Waals surface area (Å²) in [5.41, 5.74) is 2.56. The Morgan fingerprint density at radius 1 is 1.33 bits per heavy atom. The first kappa shape index (κ1) is 13.0. The second kappa shape index (κ2) is 5.02. The third kappa shape index (κ3) is 2.10. The van der Waals surface area contributed by atoms with E-state index < -0.39 is 0 Å². The Labute approximate surface area is 112 Å². The minimum absolute atomic E-state index is 0.0461. The van der Waals surface area contributed by atoms with Crippen molar-refractivity contribution >= 4 is 28.4 Å². The van der Waals surface area contributed by atoms with E-state index in [-0.39, 0.29) is 5.91 Å². The van der Waals surface area contributed by atoms with Crippen molar-refractivity contribution < 1.29 is 4.79 Å². The SMILES string of the molecule is CCN(CC)C(=O)c1[nH]c2cc(Cl)ccc2c1C. The summed E-state index contributed by atoms with van der Waals surface area (Å²) in [4.78, 5) is 17.3. The smallest absolute Gasteiger partial charge is 0.270 e. The summed E-state index contributed by atoms with van der Waals surface area (Å²) in [6.07, 6.45) is 0. The number of H-pyrrole nitrogens is 1. The largest absolute Gasteiger partial charge is 0.350 e. The Morgan fingerprint density at radius 3 is 2.61 bits per heavy atom. The summed E-state index contributed by atoms with van der Waals surface area (Å²) >= 11 is 5.96. The van der Waals surface area contributed by atoms with E-state index in [1.807, 2.05) is 39.0 Å². The predicted molar refractivity (Wildman–Crippen MR) is 75.3 cm³/mol. The lowest BCUT2D eigenvalue weighted by atomic mass is 10.1. The van der Waals surface area contributed by atoms with Crippen LogP contribution in [0, 0.1) is 6.92 Å². The minimum Gasteiger partial charge on any atom is -0.350 e. The maximum atomic E-state index is 12.3. The van der Waals surface area contributed by atoms with Gasteiger partial charge >= 0.3 is 0 Å². The van der Waals surface area contributed by atoms with Crippen molar-refractivity contribution in [3.05, 3.63) is 34.5 Å². The molecule has 3 nitrogen and oxygen atoms in total. The van der Waals surface area contributed by atoms with Crippen molar-refractivity contribution in [3.8, 4) is 0 Å². The van der Waals surface area contributed by atoms with Gasteiger partial charge in [-0.3, -0.25) is 4.79 Å². The van der Waals surface area contributed by atoms with Crippen LogP contribution in [0.5, 0.6) is 0 Å². The molecule has 0 fully saturated rings. The van der Waals surface area contributed by atoms with Gasteiger partial charge in [0.15, 0.2) is 0 Å². The molecule has 2 aromatic rings. The van der Waals surface area contributed by atoms with Gasteiger partial charge in [-0.15, -0.1) is 0 Å². The molecule has 4 heteroatoms. The van der Waals surface area contributed by atoms with Crippen LogP contribution in [0.1, 0.15) is 29.9 Å². The number of fused-ring (bicyclic) bond motifs is 1. The topological polar surface area (TPSA) is 36.1 Å². The number of carbonyl (C=O) groups excluding carboxylic acids is 1. The molecular weight excluding hydrogens is 248 g/mol. The quantitative estimate of drug-likeness (QED) is 0.903. The number of hydrogen-bond acceptors (Lipinski definition) is 1. The van der Waals surface area contributed by atoms with Crippen LogP contribution in [0.25, 0.3) is 10.9 Å². The molecule has 96 valence electrons. The van der Waals surface area contributed by atoms with Crippen molar-refractivity contribution in [2.24, 2.45) is 0 Å². The van der Waals surface area contributed by atoms with Crippen molar-refractivity contribution in [2.75, 3.05) is 13.1 Å². The van der Waals surface area contributed by atoms with Gasteiger partial charge in [0.1, 0.15) is 5.69 Å². The number of benzene rings is 1. The molecule has 0 bridgehead atoms. The summed E-state index contributed by atoms with van der Waals surface area (Å²) in [5.74, 6) is 0.0461. The predicted octanol–water partition coefficient (Wildman–Crippen LogP) is 3.61. The fraction of sp³-hybridized carbons (Fsp3) is 0.357. The first-order valence-electron chi connectivity index (χ1n) is 6.15. The average Bonchev–Trinajstić information content (AvgIpc) is 2.67. The molecule has 0 aliphatic carbocycles. The molecule has 1 aromatic heterocycles. The van der Waals surface area contributed by atoms with E-state index in [0.29, 0.717) is 23.8 Å². The fourth-order valence-electron chi connectivity index (χ4n) is 2.19. The van der Waals surface area contributed by atoms with Crippen molar-refractivity contribution in [2.45, 2.75) is 20.8 Å². The molecule has 2 rings (SSSR count). The zero-order chi connectivity index (χ0) is 13.3. The first-order valence-corrected chi connectivity index (χ1v) is 6.53. The second-order valence-corrected chi connectivity index (χ2v) is 4.73. The molecule has 1 N–H and O–H groups in total. The highest BCUT2D eigenvalue weighted by molar-refractivity contribution is 6.31. The second-order valence-electron chi connectivity index (χ2n) is 4.29. The van der Waals surface area contributed by atoms with E-state index in [0.717, 1.165) is 16.5 Å². The maximum absolute atomic E-state index is 12.3. The Morgan fingerprint density at radius 2 is 2.00 bits per heavy atom. The summed E-state index contributed by atoms with van der Waals surface area (Å²) in [7, 11) is 0. The number of amides is 1. The summed E-state index contributed by atoms with van der Waals surface area (Å²) in [5, 5.41) is 1.72. The average molecular weight is 265 g/mol. The van der Waals surface area contributed by atoms with Crippen molar-refractivity contribution in [1.29, 1.82) is 0 Å². The first-order chi connectivity index (χ1) is 8.58. The standard InChI is InChI=1S/C14H17ClN2O/c1-4-17(5-2)14(18)13-9(3)11-7-6-10(15)8-12(11)16-13/h6-8,16H,4-5H2,1-3H3. The van der Waals surface area contributed by atoms with Gasteiger partial charge in [0, 0.05) is 29.0 Å². The number of aromatic amines is 1. The number of rotatable bonds is 3. The van der Waals surface area contributed by atoms with Gasteiger partial charge in [-0.2, -0.15) is 0 Å². The molecule has 18 heavy (non-hydrogen) atoms. The third-order valence-electron chi connectivity index (χ3n) is 3.28. The highest BCUT2D eigenvalue weighted by Gasteiger charge is 2.18. The molecule has 1 heterocycles. The molecule has 0 atom stereocenters. The van der Waals surface area contributed by atoms with Crippen LogP contribution in [-0.2, 0) is 0 Å². The normalized spacial score (nSPS) is 10.9. The number of hydrogen-bond donors (Lipinski definition) is 1. The van der Waals surface area contributed by atoms with Gasteiger partial charge in [-0.1, -0.05) is 17.7 Å². The number of halogens is 1. The van der Waals surface area contributed by atoms with E-state index in [9.17, 15) is 4.79 Å². The molecule has 0 aliphatic heterocycles. The van der Waals surface area contributed by atoms with E-state index in [2.05, 4.69) is 4.98 Å². The Balaban J connectivity index is 2.51. The van der Waals surface area contributed by atoms with Crippen LogP contribution in [-0.4, -0.2) is 28.9 Å². The molecule has 1 amide bonds. The van der Waals surface area contributed by atoms with E-state index in [4.69, 9.17) is 11.6 Å². The van der Waals surface area contributed by atoms with Gasteiger partial charge in [0.2, 0.25) is 0 Å². The summed E-state index contributed by atoms with van der Waals surface area (Å²) in [6.45, 7) is 7.35. The van der Waals surface area contributed by atoms with Gasteiger partial charge < -0.3 is 9.88 Å². The van der Waals surface area contributed by atoms with Gasteiger partial charge in [-0.05, 0) is 38.5 Å². The summed E-state index contributed by atoms with van der Waals surface area (Å²) < 4.78 is 0. The van der Waals surface area contributed by atoms with E-state index in [1.54, 1.807) is 4.90 Å². The van der Waals surface area contributed by atoms with E-state index in [1.165, 1.54) is 0 Å². The van der Waals surface area contributed by atoms with Crippen LogP contribution in [0.2, 0.25) is 5.02 Å².